The van der Waals surface area contributed by atoms with Crippen LogP contribution in [0.25, 0.3) is 0 Å². The topological polar surface area (TPSA) is 75.8 Å². The van der Waals surface area contributed by atoms with Gasteiger partial charge >= 0.3 is 0 Å². The Labute approximate surface area is 114 Å². The van der Waals surface area contributed by atoms with E-state index in [9.17, 15) is 9.90 Å². The number of amides is 1. The first-order valence-electron chi connectivity index (χ1n) is 6.43. The van der Waals surface area contributed by atoms with Gasteiger partial charge in [0.25, 0.3) is 0 Å². The summed E-state index contributed by atoms with van der Waals surface area (Å²) in [5, 5.41) is 9.84. The highest BCUT2D eigenvalue weighted by Gasteiger charge is 2.12. The lowest BCUT2D eigenvalue weighted by Crippen LogP contribution is -2.34. The molecule has 1 rings (SSSR count). The van der Waals surface area contributed by atoms with Crippen LogP contribution < -0.4 is 10.5 Å². The third kappa shape index (κ3) is 5.18. The highest BCUT2D eigenvalue weighted by atomic mass is 16.5. The Balaban J connectivity index is 2.78. The fourth-order valence-corrected chi connectivity index (χ4v) is 1.87. The maximum Gasteiger partial charge on any atom is 0.231 e. The van der Waals surface area contributed by atoms with E-state index in [0.29, 0.717) is 12.3 Å². The van der Waals surface area contributed by atoms with Gasteiger partial charge in [-0.05, 0) is 31.2 Å². The van der Waals surface area contributed by atoms with Gasteiger partial charge in [-0.15, -0.1) is 0 Å². The molecule has 1 amide bonds. The van der Waals surface area contributed by atoms with Crippen molar-refractivity contribution in [1.29, 1.82) is 0 Å². The van der Waals surface area contributed by atoms with Crippen LogP contribution in [0.3, 0.4) is 0 Å². The van der Waals surface area contributed by atoms with Gasteiger partial charge in [-0.3, -0.25) is 9.69 Å². The molecule has 5 heteroatoms. The van der Waals surface area contributed by atoms with Crippen molar-refractivity contribution < 1.29 is 14.6 Å². The summed E-state index contributed by atoms with van der Waals surface area (Å²) in [6.45, 7) is 3.53. The number of ether oxygens (including phenoxy) is 1. The molecule has 0 saturated heterocycles. The zero-order valence-electron chi connectivity index (χ0n) is 11.6. The second kappa shape index (κ2) is 7.63. The van der Waals surface area contributed by atoms with Gasteiger partial charge < -0.3 is 15.6 Å². The van der Waals surface area contributed by atoms with Crippen LogP contribution in [0.2, 0.25) is 0 Å². The average Bonchev–Trinajstić information content (AvgIpc) is 2.37. The van der Waals surface area contributed by atoms with E-state index in [-0.39, 0.29) is 18.2 Å². The van der Waals surface area contributed by atoms with Crippen LogP contribution >= 0.6 is 0 Å². The predicted octanol–water partition coefficient (Wildman–Crippen LogP) is 1.49. The average molecular weight is 266 g/mol. The molecule has 5 nitrogen and oxygen atoms in total. The number of phenolic OH excluding ortho intramolecular Hbond substituents is 1. The van der Waals surface area contributed by atoms with Crippen LogP contribution in [0.15, 0.2) is 18.2 Å². The van der Waals surface area contributed by atoms with Crippen LogP contribution in [-0.2, 0) is 11.3 Å². The molecular weight excluding hydrogens is 244 g/mol. The molecule has 0 spiro atoms. The van der Waals surface area contributed by atoms with Crippen LogP contribution in [0.4, 0.5) is 0 Å². The molecule has 19 heavy (non-hydrogen) atoms. The van der Waals surface area contributed by atoms with Gasteiger partial charge in [0.05, 0.1) is 13.7 Å². The molecule has 0 aromatic heterocycles. The zero-order valence-corrected chi connectivity index (χ0v) is 11.6. The largest absolute Gasteiger partial charge is 0.508 e. The SMILES string of the molecule is CCCCN(CC(N)=O)Cc1cc(OC)ccc1O. The standard InChI is InChI=1S/C14H22N2O3/c1-3-4-7-16(10-14(15)18)9-11-8-12(19-2)5-6-13(11)17/h5-6,8,17H,3-4,7,9-10H2,1-2H3,(H2,15,18). The number of carbonyl (C=O) groups is 1. The fraction of sp³-hybridized carbons (Fsp3) is 0.500. The second-order valence-electron chi connectivity index (χ2n) is 4.53. The fourth-order valence-electron chi connectivity index (χ4n) is 1.87. The van der Waals surface area contributed by atoms with Crippen molar-refractivity contribution >= 4 is 5.91 Å². The van der Waals surface area contributed by atoms with Crippen molar-refractivity contribution in [3.05, 3.63) is 23.8 Å². The summed E-state index contributed by atoms with van der Waals surface area (Å²) in [6.07, 6.45) is 2.03. The third-order valence-electron chi connectivity index (χ3n) is 2.89. The highest BCUT2D eigenvalue weighted by molar-refractivity contribution is 5.75. The number of primary amides is 1. The number of nitrogens with zero attached hydrogens (tertiary/aromatic N) is 1. The first kappa shape index (κ1) is 15.3. The van der Waals surface area contributed by atoms with Crippen molar-refractivity contribution in [2.45, 2.75) is 26.3 Å². The molecular formula is C14H22N2O3. The lowest BCUT2D eigenvalue weighted by atomic mass is 10.1. The van der Waals surface area contributed by atoms with Crippen molar-refractivity contribution in [1.82, 2.24) is 4.90 Å². The highest BCUT2D eigenvalue weighted by Crippen LogP contribution is 2.24. The summed E-state index contributed by atoms with van der Waals surface area (Å²) in [5.74, 6) is 0.521. The van der Waals surface area contributed by atoms with E-state index in [1.54, 1.807) is 25.3 Å². The number of phenols is 1. The Bertz CT molecular complexity index is 421. The summed E-state index contributed by atoms with van der Waals surface area (Å²) < 4.78 is 5.13. The molecule has 1 aromatic rings. The molecule has 0 heterocycles. The van der Waals surface area contributed by atoms with Crippen molar-refractivity contribution in [2.24, 2.45) is 5.73 Å². The number of unbranched alkanes of at least 4 members (excludes halogenated alkanes) is 1. The molecule has 1 aromatic carbocycles. The summed E-state index contributed by atoms with van der Waals surface area (Å²) in [5.41, 5.74) is 5.98. The molecule has 0 aliphatic heterocycles. The van der Waals surface area contributed by atoms with E-state index in [0.717, 1.165) is 24.9 Å². The lowest BCUT2D eigenvalue weighted by molar-refractivity contribution is -0.119. The number of hydrogen-bond acceptors (Lipinski definition) is 4. The summed E-state index contributed by atoms with van der Waals surface area (Å²) in [7, 11) is 1.58. The smallest absolute Gasteiger partial charge is 0.231 e. The minimum Gasteiger partial charge on any atom is -0.508 e. The first-order valence-corrected chi connectivity index (χ1v) is 6.43. The Hall–Kier alpha value is -1.75. The van der Waals surface area contributed by atoms with Crippen LogP contribution in [0.5, 0.6) is 11.5 Å². The van der Waals surface area contributed by atoms with E-state index >= 15 is 0 Å². The summed E-state index contributed by atoms with van der Waals surface area (Å²) >= 11 is 0. The zero-order chi connectivity index (χ0) is 14.3. The molecule has 0 atom stereocenters. The molecule has 3 N–H and O–H groups in total. The number of aromatic hydroxyl groups is 1. The lowest BCUT2D eigenvalue weighted by Gasteiger charge is -2.21. The van der Waals surface area contributed by atoms with Crippen LogP contribution in [-0.4, -0.2) is 36.1 Å². The molecule has 0 aliphatic rings. The van der Waals surface area contributed by atoms with Crippen molar-refractivity contribution in [3.63, 3.8) is 0 Å². The Kier molecular flexibility index (Phi) is 6.15. The van der Waals surface area contributed by atoms with Crippen LogP contribution in [0.1, 0.15) is 25.3 Å². The minimum atomic E-state index is -0.363. The number of hydrogen-bond donors (Lipinski definition) is 2. The minimum absolute atomic E-state index is 0.191. The molecule has 0 fully saturated rings. The molecule has 0 saturated carbocycles. The number of rotatable bonds is 8. The van der Waals surface area contributed by atoms with Crippen molar-refractivity contribution in [3.8, 4) is 11.5 Å². The molecule has 0 radical (unpaired) electrons. The quantitative estimate of drug-likeness (QED) is 0.747. The number of benzene rings is 1. The van der Waals surface area contributed by atoms with Gasteiger partial charge in [0.2, 0.25) is 5.91 Å². The Morgan fingerprint density at radius 2 is 2.21 bits per heavy atom. The monoisotopic (exact) mass is 266 g/mol. The number of methoxy groups -OCH3 is 1. The number of carbonyl (C=O) groups excluding carboxylic acids is 1. The first-order chi connectivity index (χ1) is 9.06. The second-order valence-corrected chi connectivity index (χ2v) is 4.53. The Morgan fingerprint density at radius 1 is 1.47 bits per heavy atom. The maximum absolute atomic E-state index is 11.1. The maximum atomic E-state index is 11.1. The van der Waals surface area contributed by atoms with Gasteiger partial charge in [-0.1, -0.05) is 13.3 Å². The van der Waals surface area contributed by atoms with Gasteiger partial charge in [0.15, 0.2) is 0 Å². The van der Waals surface area contributed by atoms with E-state index in [1.807, 2.05) is 4.90 Å². The normalized spacial score (nSPS) is 10.7. The van der Waals surface area contributed by atoms with Crippen molar-refractivity contribution in [2.75, 3.05) is 20.2 Å². The molecule has 0 unspecified atom stereocenters. The van der Waals surface area contributed by atoms with Gasteiger partial charge in [0, 0.05) is 12.1 Å². The molecule has 0 bridgehead atoms. The van der Waals surface area contributed by atoms with Crippen LogP contribution in [0, 0.1) is 0 Å². The van der Waals surface area contributed by atoms with Gasteiger partial charge in [0.1, 0.15) is 11.5 Å². The van der Waals surface area contributed by atoms with Gasteiger partial charge in [-0.2, -0.15) is 0 Å². The summed E-state index contributed by atoms with van der Waals surface area (Å²) in [4.78, 5) is 13.0. The van der Waals surface area contributed by atoms with E-state index in [2.05, 4.69) is 6.92 Å². The Morgan fingerprint density at radius 3 is 2.79 bits per heavy atom. The van der Waals surface area contributed by atoms with E-state index < -0.39 is 0 Å². The predicted molar refractivity (Wildman–Crippen MR) is 74.0 cm³/mol. The number of nitrogens with two attached hydrogens (primary N) is 1. The van der Waals surface area contributed by atoms with E-state index in [4.69, 9.17) is 10.5 Å². The van der Waals surface area contributed by atoms with Gasteiger partial charge in [-0.25, -0.2) is 0 Å². The van der Waals surface area contributed by atoms with E-state index in [1.165, 1.54) is 0 Å². The third-order valence-corrected chi connectivity index (χ3v) is 2.89. The summed E-state index contributed by atoms with van der Waals surface area (Å²) in [6, 6.07) is 5.06. The molecule has 106 valence electrons. The molecule has 0 aliphatic carbocycles.